The summed E-state index contributed by atoms with van der Waals surface area (Å²) in [6.45, 7) is 2.07. The Kier molecular flexibility index (Phi) is 6.17. The second-order valence-electron chi connectivity index (χ2n) is 6.08. The molecule has 3 aromatic rings. The van der Waals surface area contributed by atoms with Gasteiger partial charge in [0.1, 0.15) is 17.5 Å². The van der Waals surface area contributed by atoms with E-state index in [1.807, 2.05) is 37.4 Å². The fraction of sp³-hybridized carbons (Fsp3) is 0.200. The molecule has 5 N–H and O–H groups in total. The summed E-state index contributed by atoms with van der Waals surface area (Å²) in [6.07, 6.45) is 1.63. The second-order valence-corrected chi connectivity index (χ2v) is 6.08. The molecule has 1 aromatic carbocycles. The highest BCUT2D eigenvalue weighted by Crippen LogP contribution is 2.27. The molecular formula is C20H23FN6. The number of nitrogen functional groups attached to an aromatic ring is 1. The van der Waals surface area contributed by atoms with Crippen LogP contribution in [-0.2, 0) is 6.54 Å². The molecule has 0 aliphatic carbocycles. The number of benzene rings is 1. The minimum Gasteiger partial charge on any atom is -0.397 e. The normalized spacial score (nSPS) is 10.6. The van der Waals surface area contributed by atoms with Gasteiger partial charge in [-0.2, -0.15) is 0 Å². The zero-order chi connectivity index (χ0) is 19.1. The van der Waals surface area contributed by atoms with Crippen molar-refractivity contribution in [3.8, 4) is 11.3 Å². The van der Waals surface area contributed by atoms with E-state index in [0.29, 0.717) is 18.1 Å². The van der Waals surface area contributed by atoms with Crippen molar-refractivity contribution in [3.63, 3.8) is 0 Å². The summed E-state index contributed by atoms with van der Waals surface area (Å²) in [5.41, 5.74) is 9.07. The van der Waals surface area contributed by atoms with E-state index in [4.69, 9.17) is 5.73 Å². The number of rotatable bonds is 8. The third kappa shape index (κ3) is 5.15. The highest BCUT2D eigenvalue weighted by Gasteiger charge is 2.08. The van der Waals surface area contributed by atoms with Gasteiger partial charge in [-0.15, -0.1) is 0 Å². The van der Waals surface area contributed by atoms with Gasteiger partial charge in [0.2, 0.25) is 0 Å². The summed E-state index contributed by atoms with van der Waals surface area (Å²) in [7, 11) is 1.90. The highest BCUT2D eigenvalue weighted by molar-refractivity contribution is 5.76. The summed E-state index contributed by atoms with van der Waals surface area (Å²) in [6, 6.07) is 14.1. The predicted molar refractivity (Wildman–Crippen MR) is 108 cm³/mol. The number of hydrogen-bond donors (Lipinski definition) is 4. The van der Waals surface area contributed by atoms with E-state index in [9.17, 15) is 4.39 Å². The number of pyridine rings is 2. The minimum atomic E-state index is -0.251. The molecular weight excluding hydrogens is 343 g/mol. The third-order valence-corrected chi connectivity index (χ3v) is 4.00. The molecule has 6 nitrogen and oxygen atoms in total. The van der Waals surface area contributed by atoms with Crippen molar-refractivity contribution >= 4 is 17.3 Å². The maximum absolute atomic E-state index is 13.3. The number of likely N-dealkylation sites (N-methyl/N-ethyl adjacent to an activating group) is 1. The van der Waals surface area contributed by atoms with Gasteiger partial charge in [0.15, 0.2) is 0 Å². The van der Waals surface area contributed by atoms with Crippen molar-refractivity contribution in [2.75, 3.05) is 36.5 Å². The van der Waals surface area contributed by atoms with Crippen molar-refractivity contribution in [3.05, 3.63) is 66.1 Å². The number of nitrogens with two attached hydrogens (primary N) is 1. The van der Waals surface area contributed by atoms with E-state index >= 15 is 0 Å². The summed E-state index contributed by atoms with van der Waals surface area (Å²) in [5.74, 6) is 1.19. The molecule has 0 aliphatic rings. The monoisotopic (exact) mass is 366 g/mol. The Balaban J connectivity index is 1.75. The lowest BCUT2D eigenvalue weighted by Gasteiger charge is -2.11. The van der Waals surface area contributed by atoms with Crippen LogP contribution in [0.3, 0.4) is 0 Å². The van der Waals surface area contributed by atoms with Crippen LogP contribution in [0.25, 0.3) is 11.3 Å². The van der Waals surface area contributed by atoms with Gasteiger partial charge in [0.05, 0.1) is 17.6 Å². The van der Waals surface area contributed by atoms with Gasteiger partial charge in [0.25, 0.3) is 0 Å². The van der Waals surface area contributed by atoms with E-state index in [0.717, 1.165) is 35.7 Å². The van der Waals surface area contributed by atoms with Crippen molar-refractivity contribution in [2.24, 2.45) is 0 Å². The Morgan fingerprint density at radius 1 is 1.00 bits per heavy atom. The Labute approximate surface area is 158 Å². The lowest BCUT2D eigenvalue weighted by Crippen LogP contribution is -2.18. The Morgan fingerprint density at radius 2 is 1.85 bits per heavy atom. The average Bonchev–Trinajstić information content (AvgIpc) is 2.68. The lowest BCUT2D eigenvalue weighted by molar-refractivity contribution is 0.626. The first-order chi connectivity index (χ1) is 13.2. The first-order valence-corrected chi connectivity index (χ1v) is 8.75. The van der Waals surface area contributed by atoms with E-state index in [-0.39, 0.29) is 5.82 Å². The Bertz CT molecular complexity index is 899. The summed E-state index contributed by atoms with van der Waals surface area (Å²) in [5, 5.41) is 9.53. The molecule has 0 aliphatic heterocycles. The zero-order valence-electron chi connectivity index (χ0n) is 15.2. The van der Waals surface area contributed by atoms with E-state index in [1.165, 1.54) is 12.1 Å². The maximum atomic E-state index is 13.3. The first-order valence-electron chi connectivity index (χ1n) is 8.75. The molecule has 0 saturated carbocycles. The maximum Gasteiger partial charge on any atom is 0.126 e. The summed E-state index contributed by atoms with van der Waals surface area (Å²) in [4.78, 5) is 8.93. The van der Waals surface area contributed by atoms with Crippen LogP contribution in [0.15, 0.2) is 54.7 Å². The minimum absolute atomic E-state index is 0.251. The molecule has 0 unspecified atom stereocenters. The van der Waals surface area contributed by atoms with Crippen LogP contribution in [0.4, 0.5) is 21.7 Å². The highest BCUT2D eigenvalue weighted by atomic mass is 19.1. The fourth-order valence-electron chi connectivity index (χ4n) is 2.62. The zero-order valence-corrected chi connectivity index (χ0v) is 15.2. The summed E-state index contributed by atoms with van der Waals surface area (Å²) >= 11 is 0. The van der Waals surface area contributed by atoms with Crippen LogP contribution >= 0.6 is 0 Å². The SMILES string of the molecule is CNCCNc1cc(-c2cccc(NCc3cccc(F)c3)n2)c(N)cn1. The Morgan fingerprint density at radius 3 is 2.67 bits per heavy atom. The molecule has 0 atom stereocenters. The van der Waals surface area contributed by atoms with E-state index in [2.05, 4.69) is 25.9 Å². The molecule has 140 valence electrons. The van der Waals surface area contributed by atoms with Crippen molar-refractivity contribution < 1.29 is 4.39 Å². The fourth-order valence-corrected chi connectivity index (χ4v) is 2.62. The van der Waals surface area contributed by atoms with Crippen molar-refractivity contribution in [1.29, 1.82) is 0 Å². The smallest absolute Gasteiger partial charge is 0.126 e. The van der Waals surface area contributed by atoms with Gasteiger partial charge in [0, 0.05) is 25.2 Å². The van der Waals surface area contributed by atoms with Crippen LogP contribution in [-0.4, -0.2) is 30.1 Å². The van der Waals surface area contributed by atoms with Crippen molar-refractivity contribution in [2.45, 2.75) is 6.54 Å². The molecule has 2 heterocycles. The molecule has 27 heavy (non-hydrogen) atoms. The van der Waals surface area contributed by atoms with Crippen LogP contribution in [0.2, 0.25) is 0 Å². The number of anilines is 3. The van der Waals surface area contributed by atoms with Gasteiger partial charge in [-0.05, 0) is 42.9 Å². The van der Waals surface area contributed by atoms with E-state index < -0.39 is 0 Å². The van der Waals surface area contributed by atoms with Gasteiger partial charge in [-0.3, -0.25) is 0 Å². The molecule has 2 aromatic heterocycles. The van der Waals surface area contributed by atoms with Gasteiger partial charge in [-0.1, -0.05) is 18.2 Å². The van der Waals surface area contributed by atoms with Gasteiger partial charge >= 0.3 is 0 Å². The quantitative estimate of drug-likeness (QED) is 0.458. The molecule has 0 spiro atoms. The van der Waals surface area contributed by atoms with Crippen LogP contribution < -0.4 is 21.7 Å². The largest absolute Gasteiger partial charge is 0.397 e. The Hall–Kier alpha value is -3.19. The first kappa shape index (κ1) is 18.6. The van der Waals surface area contributed by atoms with Gasteiger partial charge < -0.3 is 21.7 Å². The average molecular weight is 366 g/mol. The number of nitrogens with one attached hydrogen (secondary N) is 3. The van der Waals surface area contributed by atoms with Crippen LogP contribution in [0.1, 0.15) is 5.56 Å². The van der Waals surface area contributed by atoms with Crippen LogP contribution in [0, 0.1) is 5.82 Å². The summed E-state index contributed by atoms with van der Waals surface area (Å²) < 4.78 is 13.3. The molecule has 3 rings (SSSR count). The lowest BCUT2D eigenvalue weighted by atomic mass is 10.1. The number of halogens is 1. The van der Waals surface area contributed by atoms with Crippen LogP contribution in [0.5, 0.6) is 0 Å². The number of nitrogens with zero attached hydrogens (tertiary/aromatic N) is 2. The van der Waals surface area contributed by atoms with E-state index in [1.54, 1.807) is 12.3 Å². The van der Waals surface area contributed by atoms with Gasteiger partial charge in [-0.25, -0.2) is 14.4 Å². The van der Waals surface area contributed by atoms with Crippen molar-refractivity contribution in [1.82, 2.24) is 15.3 Å². The number of aromatic nitrogens is 2. The molecule has 0 saturated heterocycles. The third-order valence-electron chi connectivity index (χ3n) is 4.00. The molecule has 0 amide bonds. The number of hydrogen-bond acceptors (Lipinski definition) is 6. The molecule has 0 bridgehead atoms. The molecule has 0 fully saturated rings. The molecule has 7 heteroatoms. The standard InChI is InChI=1S/C20H23FN6/c1-23-8-9-24-20-11-16(17(22)13-26-20)18-6-3-7-19(27-18)25-12-14-4-2-5-15(21)10-14/h2-7,10-11,13,23H,8-9,12,22H2,1H3,(H,24,26)(H,25,27). The topological polar surface area (TPSA) is 87.9 Å². The molecule has 0 radical (unpaired) electrons. The second kappa shape index (κ2) is 8.95. The predicted octanol–water partition coefficient (Wildman–Crippen LogP) is 3.11.